The molecular weight excluding hydrogens is 358 g/mol. The van der Waals surface area contributed by atoms with Gasteiger partial charge in [-0.3, -0.25) is 4.79 Å². The van der Waals surface area contributed by atoms with Gasteiger partial charge in [0, 0.05) is 16.2 Å². The second kappa shape index (κ2) is 6.83. The maximum absolute atomic E-state index is 12.3. The Bertz CT molecular complexity index is 676. The Hall–Kier alpha value is -1.72. The van der Waals surface area contributed by atoms with Crippen LogP contribution in [0.1, 0.15) is 10.4 Å². The molecule has 0 atom stereocenters. The molecule has 0 aliphatic carbocycles. The lowest BCUT2D eigenvalue weighted by atomic mass is 10.2. The van der Waals surface area contributed by atoms with Crippen molar-refractivity contribution in [1.82, 2.24) is 0 Å². The third kappa shape index (κ3) is 3.49. The summed E-state index contributed by atoms with van der Waals surface area (Å²) in [4.78, 5) is 12.3. The van der Waals surface area contributed by atoms with Crippen molar-refractivity contribution < 1.29 is 14.3 Å². The van der Waals surface area contributed by atoms with Crippen LogP contribution < -0.4 is 14.8 Å². The predicted octanol–water partition coefficient (Wildman–Crippen LogP) is 4.37. The summed E-state index contributed by atoms with van der Waals surface area (Å²) in [6.45, 7) is 0. The van der Waals surface area contributed by atoms with Gasteiger partial charge in [-0.1, -0.05) is 17.7 Å². The van der Waals surface area contributed by atoms with Crippen LogP contribution in [0.4, 0.5) is 5.69 Å². The van der Waals surface area contributed by atoms with E-state index in [-0.39, 0.29) is 5.91 Å². The summed E-state index contributed by atoms with van der Waals surface area (Å²) < 4.78 is 11.0. The highest BCUT2D eigenvalue weighted by Gasteiger charge is 2.13. The number of hydrogen-bond donors (Lipinski definition) is 1. The molecule has 0 bridgehead atoms. The van der Waals surface area contributed by atoms with Crippen LogP contribution in [-0.2, 0) is 0 Å². The van der Waals surface area contributed by atoms with Crippen LogP contribution in [0, 0.1) is 0 Å². The van der Waals surface area contributed by atoms with Crippen LogP contribution in [0.3, 0.4) is 0 Å². The van der Waals surface area contributed by atoms with Crippen molar-refractivity contribution in [2.75, 3.05) is 19.5 Å². The molecular formula is C15H13BrClNO3. The molecule has 4 nitrogen and oxygen atoms in total. The van der Waals surface area contributed by atoms with E-state index in [0.29, 0.717) is 32.2 Å². The summed E-state index contributed by atoms with van der Waals surface area (Å²) in [5.74, 6) is 0.833. The van der Waals surface area contributed by atoms with E-state index >= 15 is 0 Å². The van der Waals surface area contributed by atoms with Crippen molar-refractivity contribution >= 4 is 39.1 Å². The van der Waals surface area contributed by atoms with E-state index in [2.05, 4.69) is 21.2 Å². The molecule has 2 aromatic carbocycles. The van der Waals surface area contributed by atoms with Crippen LogP contribution in [-0.4, -0.2) is 20.1 Å². The Labute approximate surface area is 136 Å². The van der Waals surface area contributed by atoms with Gasteiger partial charge in [0.25, 0.3) is 5.91 Å². The molecule has 0 aromatic heterocycles. The average molecular weight is 371 g/mol. The highest BCUT2D eigenvalue weighted by molar-refractivity contribution is 9.10. The Balaban J connectivity index is 2.25. The summed E-state index contributed by atoms with van der Waals surface area (Å²) >= 11 is 9.40. The number of nitrogens with one attached hydrogen (secondary N) is 1. The van der Waals surface area contributed by atoms with Crippen LogP contribution in [0.2, 0.25) is 5.02 Å². The van der Waals surface area contributed by atoms with Gasteiger partial charge in [0.05, 0.1) is 24.8 Å². The van der Waals surface area contributed by atoms with Crippen molar-refractivity contribution in [1.29, 1.82) is 0 Å². The van der Waals surface area contributed by atoms with E-state index in [0.717, 1.165) is 0 Å². The zero-order chi connectivity index (χ0) is 15.4. The molecule has 110 valence electrons. The standard InChI is InChI=1S/C15H13BrClNO3/c1-20-12-7-6-9(8-13(12)21-2)18-15(19)10-4-3-5-11(16)14(10)17/h3-8H,1-2H3,(H,18,19). The van der Waals surface area contributed by atoms with Crippen molar-refractivity contribution in [2.45, 2.75) is 0 Å². The lowest BCUT2D eigenvalue weighted by molar-refractivity contribution is 0.102. The summed E-state index contributed by atoms with van der Waals surface area (Å²) in [7, 11) is 3.09. The molecule has 0 aliphatic rings. The van der Waals surface area contributed by atoms with E-state index < -0.39 is 0 Å². The first kappa shape index (κ1) is 15.7. The highest BCUT2D eigenvalue weighted by Crippen LogP contribution is 2.31. The molecule has 6 heteroatoms. The van der Waals surface area contributed by atoms with Gasteiger partial charge >= 0.3 is 0 Å². The fourth-order valence-electron chi connectivity index (χ4n) is 1.79. The number of halogens is 2. The van der Waals surface area contributed by atoms with Gasteiger partial charge in [-0.15, -0.1) is 0 Å². The Morgan fingerprint density at radius 3 is 2.52 bits per heavy atom. The Morgan fingerprint density at radius 2 is 1.86 bits per heavy atom. The number of amides is 1. The number of ether oxygens (including phenoxy) is 2. The van der Waals surface area contributed by atoms with Crippen molar-refractivity contribution in [3.63, 3.8) is 0 Å². The van der Waals surface area contributed by atoms with Crippen molar-refractivity contribution in [2.24, 2.45) is 0 Å². The van der Waals surface area contributed by atoms with Crippen LogP contribution in [0.5, 0.6) is 11.5 Å². The summed E-state index contributed by atoms with van der Waals surface area (Å²) in [6.07, 6.45) is 0. The number of rotatable bonds is 4. The lowest BCUT2D eigenvalue weighted by Gasteiger charge is -2.11. The molecule has 0 saturated carbocycles. The van der Waals surface area contributed by atoms with E-state index in [1.54, 1.807) is 43.5 Å². The third-order valence-electron chi connectivity index (χ3n) is 2.84. The molecule has 0 radical (unpaired) electrons. The van der Waals surface area contributed by atoms with Gasteiger partial charge < -0.3 is 14.8 Å². The molecule has 0 saturated heterocycles. The van der Waals surface area contributed by atoms with E-state index in [1.165, 1.54) is 7.11 Å². The lowest BCUT2D eigenvalue weighted by Crippen LogP contribution is -2.12. The maximum Gasteiger partial charge on any atom is 0.257 e. The first-order valence-corrected chi connectivity index (χ1v) is 7.21. The SMILES string of the molecule is COc1ccc(NC(=O)c2cccc(Br)c2Cl)cc1OC. The minimum atomic E-state index is -0.298. The minimum absolute atomic E-state index is 0.298. The smallest absolute Gasteiger partial charge is 0.257 e. The molecule has 2 rings (SSSR count). The average Bonchev–Trinajstić information content (AvgIpc) is 2.49. The monoisotopic (exact) mass is 369 g/mol. The van der Waals surface area contributed by atoms with E-state index in [4.69, 9.17) is 21.1 Å². The quantitative estimate of drug-likeness (QED) is 0.869. The molecule has 21 heavy (non-hydrogen) atoms. The topological polar surface area (TPSA) is 47.6 Å². The molecule has 0 heterocycles. The zero-order valence-electron chi connectivity index (χ0n) is 11.4. The Kier molecular flexibility index (Phi) is 5.09. The second-order valence-electron chi connectivity index (χ2n) is 4.13. The summed E-state index contributed by atoms with van der Waals surface area (Å²) in [5, 5.41) is 3.14. The minimum Gasteiger partial charge on any atom is -0.493 e. The predicted molar refractivity (Wildman–Crippen MR) is 86.7 cm³/mol. The number of hydrogen-bond acceptors (Lipinski definition) is 3. The van der Waals surface area contributed by atoms with Gasteiger partial charge in [-0.2, -0.15) is 0 Å². The van der Waals surface area contributed by atoms with E-state index in [1.807, 2.05) is 0 Å². The number of carbonyl (C=O) groups excluding carboxylic acids is 1. The summed E-state index contributed by atoms with van der Waals surface area (Å²) in [6, 6.07) is 10.3. The largest absolute Gasteiger partial charge is 0.493 e. The first-order valence-electron chi connectivity index (χ1n) is 6.04. The first-order chi connectivity index (χ1) is 10.1. The highest BCUT2D eigenvalue weighted by atomic mass is 79.9. The molecule has 0 spiro atoms. The number of carbonyl (C=O) groups is 1. The van der Waals surface area contributed by atoms with Gasteiger partial charge in [0.2, 0.25) is 0 Å². The molecule has 2 aromatic rings. The molecule has 1 amide bonds. The molecule has 0 fully saturated rings. The number of benzene rings is 2. The maximum atomic E-state index is 12.3. The molecule has 0 aliphatic heterocycles. The van der Waals surface area contributed by atoms with Crippen LogP contribution >= 0.6 is 27.5 Å². The summed E-state index contributed by atoms with van der Waals surface area (Å²) in [5.41, 5.74) is 0.981. The molecule has 1 N–H and O–H groups in total. The van der Waals surface area contributed by atoms with Crippen molar-refractivity contribution in [3.05, 3.63) is 51.5 Å². The van der Waals surface area contributed by atoms with Gasteiger partial charge in [0.15, 0.2) is 11.5 Å². The zero-order valence-corrected chi connectivity index (χ0v) is 13.8. The van der Waals surface area contributed by atoms with Gasteiger partial charge in [0.1, 0.15) is 0 Å². The second-order valence-corrected chi connectivity index (χ2v) is 5.36. The fourth-order valence-corrected chi connectivity index (χ4v) is 2.37. The van der Waals surface area contributed by atoms with Gasteiger partial charge in [-0.05, 0) is 40.2 Å². The third-order valence-corrected chi connectivity index (χ3v) is 4.13. The fraction of sp³-hybridized carbons (Fsp3) is 0.133. The van der Waals surface area contributed by atoms with Gasteiger partial charge in [-0.25, -0.2) is 0 Å². The van der Waals surface area contributed by atoms with E-state index in [9.17, 15) is 4.79 Å². The van der Waals surface area contributed by atoms with Crippen molar-refractivity contribution in [3.8, 4) is 11.5 Å². The van der Waals surface area contributed by atoms with Crippen LogP contribution in [0.15, 0.2) is 40.9 Å². The van der Waals surface area contributed by atoms with Crippen LogP contribution in [0.25, 0.3) is 0 Å². The number of methoxy groups -OCH3 is 2. The normalized spacial score (nSPS) is 10.1. The Morgan fingerprint density at radius 1 is 1.14 bits per heavy atom. The number of anilines is 1. The molecule has 0 unspecified atom stereocenters.